The van der Waals surface area contributed by atoms with E-state index in [9.17, 15) is 14.2 Å². The maximum absolute atomic E-state index is 11.7. The molecule has 82 valence electrons. The molecular weight excluding hydrogens is 205 g/mol. The molecule has 0 aliphatic heterocycles. The van der Waals surface area contributed by atoms with E-state index >= 15 is 0 Å². The summed E-state index contributed by atoms with van der Waals surface area (Å²) in [5, 5.41) is 2.33. The van der Waals surface area contributed by atoms with Crippen LogP contribution in [-0.2, 0) is 18.9 Å². The molecule has 0 saturated heterocycles. The molecule has 0 aliphatic carbocycles. The quantitative estimate of drug-likeness (QED) is 0.558. The highest BCUT2D eigenvalue weighted by Crippen LogP contribution is 2.41. The number of amides is 1. The van der Waals surface area contributed by atoms with Crippen LogP contribution in [0, 0.1) is 0 Å². The lowest BCUT2D eigenvalue weighted by atomic mass is 10.6. The first kappa shape index (κ1) is 13.2. The fraction of sp³-hybridized carbons (Fsp3) is 0.750. The predicted molar refractivity (Wildman–Crippen MR) is 53.7 cm³/mol. The molecule has 0 spiro atoms. The molecule has 1 atom stereocenters. The van der Waals surface area contributed by atoms with E-state index < -0.39 is 24.8 Å². The molecule has 0 bridgehead atoms. The predicted octanol–water partition coefficient (Wildman–Crippen LogP) is 0.634. The fourth-order valence-corrected chi connectivity index (χ4v) is 1.96. The zero-order valence-electron chi connectivity index (χ0n) is 8.86. The summed E-state index contributed by atoms with van der Waals surface area (Å²) in [6.07, 6.45) is 0. The van der Waals surface area contributed by atoms with E-state index in [1.54, 1.807) is 6.92 Å². The molecule has 0 heterocycles. The van der Waals surface area contributed by atoms with Crippen LogP contribution in [0.15, 0.2) is 0 Å². The highest BCUT2D eigenvalue weighted by Gasteiger charge is 2.32. The molecule has 0 aromatic carbocycles. The number of hydrogen-bond donors (Lipinski definition) is 1. The van der Waals surface area contributed by atoms with Gasteiger partial charge < -0.3 is 14.6 Å². The Kier molecular flexibility index (Phi) is 4.85. The van der Waals surface area contributed by atoms with E-state index in [0.29, 0.717) is 0 Å². The van der Waals surface area contributed by atoms with Crippen LogP contribution in [0.2, 0.25) is 0 Å². The van der Waals surface area contributed by atoms with Crippen LogP contribution in [0.3, 0.4) is 0 Å². The average Bonchev–Trinajstić information content (AvgIpc) is 1.98. The topological polar surface area (TPSA) is 72.5 Å². The van der Waals surface area contributed by atoms with Crippen LogP contribution < -0.4 is 5.32 Å². The minimum atomic E-state index is -2.72. The third-order valence-electron chi connectivity index (χ3n) is 1.47. The summed E-state index contributed by atoms with van der Waals surface area (Å²) in [6, 6.07) is 0. The summed E-state index contributed by atoms with van der Waals surface area (Å²) >= 11 is 0. The normalized spacial score (nSPS) is 13.1. The molecule has 0 rings (SSSR count). The summed E-state index contributed by atoms with van der Waals surface area (Å²) in [4.78, 5) is 22.1. The molecule has 0 aliphatic rings. The van der Waals surface area contributed by atoms with Crippen LogP contribution in [0.4, 0.5) is 0 Å². The van der Waals surface area contributed by atoms with E-state index in [4.69, 9.17) is 4.74 Å². The van der Waals surface area contributed by atoms with Gasteiger partial charge in [0, 0.05) is 6.92 Å². The molecular formula is C8H16NO4P. The van der Waals surface area contributed by atoms with E-state index in [2.05, 4.69) is 5.32 Å². The molecule has 0 aromatic rings. The highest BCUT2D eigenvalue weighted by atomic mass is 31.2. The molecule has 1 unspecified atom stereocenters. The lowest BCUT2D eigenvalue weighted by molar-refractivity contribution is -0.144. The first-order chi connectivity index (χ1) is 6.29. The van der Waals surface area contributed by atoms with Crippen LogP contribution in [-0.4, -0.2) is 37.6 Å². The Bertz CT molecular complexity index is 271. The second kappa shape index (κ2) is 5.15. The van der Waals surface area contributed by atoms with Gasteiger partial charge in [0.1, 0.15) is 7.14 Å². The summed E-state index contributed by atoms with van der Waals surface area (Å²) < 4.78 is 16.4. The molecule has 1 amide bonds. The number of carbonyl (C=O) groups is 2. The Morgan fingerprint density at radius 1 is 1.43 bits per heavy atom. The van der Waals surface area contributed by atoms with Gasteiger partial charge in [0.05, 0.1) is 6.61 Å². The zero-order chi connectivity index (χ0) is 11.4. The first-order valence-corrected chi connectivity index (χ1v) is 6.94. The Morgan fingerprint density at radius 2 is 1.93 bits per heavy atom. The number of nitrogens with one attached hydrogen (secondary N) is 1. The van der Waals surface area contributed by atoms with Gasteiger partial charge in [-0.2, -0.15) is 0 Å². The second-order valence-corrected chi connectivity index (χ2v) is 6.67. The van der Waals surface area contributed by atoms with E-state index in [-0.39, 0.29) is 6.61 Å². The number of esters is 1. The van der Waals surface area contributed by atoms with Crippen molar-refractivity contribution < 1.29 is 18.9 Å². The Balaban J connectivity index is 4.64. The zero-order valence-corrected chi connectivity index (χ0v) is 9.76. The molecule has 0 radical (unpaired) electrons. The van der Waals surface area contributed by atoms with Crippen molar-refractivity contribution >= 4 is 19.0 Å². The van der Waals surface area contributed by atoms with Crippen LogP contribution in [0.25, 0.3) is 0 Å². The molecule has 14 heavy (non-hydrogen) atoms. The largest absolute Gasteiger partial charge is 0.464 e. The first-order valence-electron chi connectivity index (χ1n) is 4.27. The van der Waals surface area contributed by atoms with E-state index in [0.717, 1.165) is 0 Å². The number of carbonyl (C=O) groups excluding carboxylic acids is 2. The van der Waals surface area contributed by atoms with Crippen molar-refractivity contribution in [1.82, 2.24) is 5.32 Å². The third-order valence-corrected chi connectivity index (χ3v) is 3.06. The van der Waals surface area contributed by atoms with Gasteiger partial charge in [-0.15, -0.1) is 0 Å². The van der Waals surface area contributed by atoms with Crippen molar-refractivity contribution in [3.63, 3.8) is 0 Å². The van der Waals surface area contributed by atoms with Crippen LogP contribution in [0.1, 0.15) is 13.8 Å². The monoisotopic (exact) mass is 221 g/mol. The maximum atomic E-state index is 11.7. The number of ether oxygens (including phenoxy) is 1. The average molecular weight is 221 g/mol. The molecule has 1 N–H and O–H groups in total. The second-order valence-electron chi connectivity index (χ2n) is 3.29. The highest BCUT2D eigenvalue weighted by molar-refractivity contribution is 7.64. The van der Waals surface area contributed by atoms with Gasteiger partial charge in [-0.05, 0) is 20.3 Å². The summed E-state index contributed by atoms with van der Waals surface area (Å²) in [5.74, 6) is -2.07. The smallest absolute Gasteiger partial charge is 0.336 e. The van der Waals surface area contributed by atoms with E-state index in [1.165, 1.54) is 20.3 Å². The van der Waals surface area contributed by atoms with Gasteiger partial charge in [0.25, 0.3) is 0 Å². The number of rotatable bonds is 4. The number of hydrogen-bond acceptors (Lipinski definition) is 4. The van der Waals surface area contributed by atoms with Gasteiger partial charge in [-0.25, -0.2) is 4.79 Å². The summed E-state index contributed by atoms with van der Waals surface area (Å²) in [7, 11) is -2.72. The molecule has 0 aromatic heterocycles. The Labute approximate surface area is 83.6 Å². The van der Waals surface area contributed by atoms with Gasteiger partial charge >= 0.3 is 5.97 Å². The lowest BCUT2D eigenvalue weighted by Crippen LogP contribution is -2.40. The molecule has 0 fully saturated rings. The lowest BCUT2D eigenvalue weighted by Gasteiger charge is -2.19. The standard InChI is InChI=1S/C8H16NO4P/c1-5-13-8(11)7(9-6(2)10)14(3,4)12/h7H,5H2,1-4H3,(H,9,10). The van der Waals surface area contributed by atoms with E-state index in [1.807, 2.05) is 0 Å². The van der Waals surface area contributed by atoms with Crippen molar-refractivity contribution in [2.75, 3.05) is 19.9 Å². The summed E-state index contributed by atoms with van der Waals surface area (Å²) in [5.41, 5.74) is 0. The molecule has 5 nitrogen and oxygen atoms in total. The van der Waals surface area contributed by atoms with Crippen molar-refractivity contribution in [2.24, 2.45) is 0 Å². The minimum absolute atomic E-state index is 0.203. The van der Waals surface area contributed by atoms with Gasteiger partial charge in [0.2, 0.25) is 5.91 Å². The van der Waals surface area contributed by atoms with Gasteiger partial charge in [-0.3, -0.25) is 4.79 Å². The molecule has 0 saturated carbocycles. The van der Waals surface area contributed by atoms with Crippen molar-refractivity contribution in [3.05, 3.63) is 0 Å². The molecule has 6 heteroatoms. The Morgan fingerprint density at radius 3 is 2.21 bits per heavy atom. The van der Waals surface area contributed by atoms with Crippen molar-refractivity contribution in [1.29, 1.82) is 0 Å². The van der Waals surface area contributed by atoms with Gasteiger partial charge in [-0.1, -0.05) is 0 Å². The SMILES string of the molecule is CCOC(=O)C(NC(C)=O)P(C)(C)=O. The third kappa shape index (κ3) is 4.42. The Hall–Kier alpha value is -0.830. The van der Waals surface area contributed by atoms with Crippen molar-refractivity contribution in [2.45, 2.75) is 19.6 Å². The van der Waals surface area contributed by atoms with Crippen molar-refractivity contribution in [3.8, 4) is 0 Å². The maximum Gasteiger partial charge on any atom is 0.336 e. The van der Waals surface area contributed by atoms with Crippen LogP contribution in [0.5, 0.6) is 0 Å². The van der Waals surface area contributed by atoms with Gasteiger partial charge in [0.15, 0.2) is 5.78 Å². The summed E-state index contributed by atoms with van der Waals surface area (Å²) in [6.45, 7) is 5.99. The van der Waals surface area contributed by atoms with Crippen LogP contribution >= 0.6 is 7.14 Å². The minimum Gasteiger partial charge on any atom is -0.464 e. The fourth-order valence-electron chi connectivity index (χ4n) is 0.882.